The highest BCUT2D eigenvalue weighted by Crippen LogP contribution is 2.57. The Morgan fingerprint density at radius 3 is 2.83 bits per heavy atom. The van der Waals surface area contributed by atoms with E-state index in [4.69, 9.17) is 0 Å². The molecule has 3 unspecified atom stereocenters. The van der Waals surface area contributed by atoms with E-state index in [1.165, 1.54) is 25.3 Å². The Kier molecular flexibility index (Phi) is 2.93. The van der Waals surface area contributed by atoms with Crippen LogP contribution in [0.15, 0.2) is 18.2 Å². The third kappa shape index (κ3) is 1.87. The Morgan fingerprint density at radius 2 is 2.22 bits per heavy atom. The Bertz CT molecular complexity index is 456. The minimum absolute atomic E-state index is 0.0292. The van der Waals surface area contributed by atoms with Gasteiger partial charge in [0.1, 0.15) is 5.82 Å². The first-order valence-electron chi connectivity index (χ1n) is 6.99. The number of hydrogen-bond acceptors (Lipinski definition) is 1. The molecule has 0 amide bonds. The first kappa shape index (κ1) is 12.2. The predicted octanol–water partition coefficient (Wildman–Crippen LogP) is 3.48. The monoisotopic (exact) mass is 248 g/mol. The van der Waals surface area contributed by atoms with E-state index >= 15 is 0 Å². The molecule has 0 spiro atoms. The maximum Gasteiger partial charge on any atom is 0.123 e. The van der Waals surface area contributed by atoms with Crippen LogP contribution in [0.2, 0.25) is 0 Å². The van der Waals surface area contributed by atoms with Gasteiger partial charge < -0.3 is 5.11 Å². The molecule has 0 aromatic heterocycles. The summed E-state index contributed by atoms with van der Waals surface area (Å²) in [6.45, 7) is 2.29. The van der Waals surface area contributed by atoms with Gasteiger partial charge in [-0.1, -0.05) is 12.5 Å². The van der Waals surface area contributed by atoms with Crippen molar-refractivity contribution in [3.8, 4) is 0 Å². The zero-order valence-electron chi connectivity index (χ0n) is 11.0. The summed E-state index contributed by atoms with van der Waals surface area (Å²) in [6.07, 6.45) is 5.82. The van der Waals surface area contributed by atoms with Gasteiger partial charge in [-0.3, -0.25) is 0 Å². The molecule has 2 heteroatoms. The molecule has 3 rings (SSSR count). The minimum Gasteiger partial charge on any atom is -0.396 e. The van der Waals surface area contributed by atoms with Crippen molar-refractivity contribution in [2.45, 2.75) is 39.0 Å². The van der Waals surface area contributed by atoms with Crippen LogP contribution in [0.25, 0.3) is 0 Å². The summed E-state index contributed by atoms with van der Waals surface area (Å²) >= 11 is 0. The van der Waals surface area contributed by atoms with Gasteiger partial charge in [0, 0.05) is 12.0 Å². The summed E-state index contributed by atoms with van der Waals surface area (Å²) in [5, 5.41) is 9.87. The topological polar surface area (TPSA) is 20.2 Å². The fourth-order valence-electron chi connectivity index (χ4n) is 4.23. The lowest BCUT2D eigenvalue weighted by molar-refractivity contribution is 0.0649. The fraction of sp³-hybridized carbons (Fsp3) is 0.625. The molecule has 1 aromatic rings. The first-order valence-corrected chi connectivity index (χ1v) is 6.99. The molecule has 98 valence electrons. The Morgan fingerprint density at radius 1 is 1.39 bits per heavy atom. The van der Waals surface area contributed by atoms with Crippen molar-refractivity contribution in [3.05, 3.63) is 35.1 Å². The molecule has 18 heavy (non-hydrogen) atoms. The molecule has 0 aliphatic heterocycles. The molecule has 2 fully saturated rings. The highest BCUT2D eigenvalue weighted by Gasteiger charge is 2.50. The standard InChI is InChI=1S/C16H21FO/c1-11-2-5-15(17)7-13(11)9-16(10-18)8-12-3-4-14(16)6-12/h2,5,7,12,14,18H,3-4,6,8-10H2,1H3. The molecule has 2 aliphatic rings. The van der Waals surface area contributed by atoms with Crippen molar-refractivity contribution < 1.29 is 9.50 Å². The molecular formula is C16H21FO. The quantitative estimate of drug-likeness (QED) is 0.868. The van der Waals surface area contributed by atoms with E-state index in [0.29, 0.717) is 5.92 Å². The molecule has 0 radical (unpaired) electrons. The smallest absolute Gasteiger partial charge is 0.123 e. The van der Waals surface area contributed by atoms with Crippen molar-refractivity contribution in [2.24, 2.45) is 17.3 Å². The molecule has 0 saturated heterocycles. The molecule has 2 saturated carbocycles. The third-order valence-electron chi connectivity index (χ3n) is 5.27. The number of benzene rings is 1. The van der Waals surface area contributed by atoms with Gasteiger partial charge in [-0.25, -0.2) is 4.39 Å². The van der Waals surface area contributed by atoms with Crippen LogP contribution < -0.4 is 0 Å². The summed E-state index contributed by atoms with van der Waals surface area (Å²) < 4.78 is 13.4. The molecule has 2 bridgehead atoms. The molecule has 1 nitrogen and oxygen atoms in total. The lowest BCUT2D eigenvalue weighted by Gasteiger charge is -2.36. The van der Waals surface area contributed by atoms with E-state index in [2.05, 4.69) is 0 Å². The number of hydrogen-bond donors (Lipinski definition) is 1. The lowest BCUT2D eigenvalue weighted by atomic mass is 9.69. The van der Waals surface area contributed by atoms with Crippen molar-refractivity contribution in [1.82, 2.24) is 0 Å². The largest absolute Gasteiger partial charge is 0.396 e. The number of halogens is 1. The van der Waals surface area contributed by atoms with E-state index in [1.54, 1.807) is 6.07 Å². The Labute approximate surface area is 108 Å². The number of aliphatic hydroxyl groups excluding tert-OH is 1. The summed E-state index contributed by atoms with van der Waals surface area (Å²) in [4.78, 5) is 0. The van der Waals surface area contributed by atoms with E-state index < -0.39 is 0 Å². The molecule has 3 atom stereocenters. The van der Waals surface area contributed by atoms with Gasteiger partial charge in [-0.2, -0.15) is 0 Å². The average Bonchev–Trinajstić information content (AvgIpc) is 2.94. The first-order chi connectivity index (χ1) is 8.63. The maximum atomic E-state index is 13.4. The zero-order chi connectivity index (χ0) is 12.8. The van der Waals surface area contributed by atoms with E-state index in [1.807, 2.05) is 13.0 Å². The third-order valence-corrected chi connectivity index (χ3v) is 5.27. The number of rotatable bonds is 3. The number of aryl methyl sites for hydroxylation is 1. The molecule has 1 N–H and O–H groups in total. The molecular weight excluding hydrogens is 227 g/mol. The average molecular weight is 248 g/mol. The van der Waals surface area contributed by atoms with Crippen LogP contribution in [0.5, 0.6) is 0 Å². The van der Waals surface area contributed by atoms with Gasteiger partial charge in [0.05, 0.1) is 0 Å². The highest BCUT2D eigenvalue weighted by molar-refractivity contribution is 5.28. The SMILES string of the molecule is Cc1ccc(F)cc1CC1(CO)CC2CCC1C2. The predicted molar refractivity (Wildman–Crippen MR) is 69.8 cm³/mol. The highest BCUT2D eigenvalue weighted by atomic mass is 19.1. The van der Waals surface area contributed by atoms with Crippen LogP contribution in [-0.2, 0) is 6.42 Å². The van der Waals surface area contributed by atoms with Gasteiger partial charge in [-0.05, 0) is 67.7 Å². The van der Waals surface area contributed by atoms with Gasteiger partial charge in [0.25, 0.3) is 0 Å². The normalized spacial score (nSPS) is 34.2. The lowest BCUT2D eigenvalue weighted by Crippen LogP contribution is -2.34. The van der Waals surface area contributed by atoms with Gasteiger partial charge in [0.15, 0.2) is 0 Å². The van der Waals surface area contributed by atoms with Crippen LogP contribution in [0.3, 0.4) is 0 Å². The minimum atomic E-state index is -0.160. The van der Waals surface area contributed by atoms with Crippen LogP contribution >= 0.6 is 0 Å². The molecule has 1 aromatic carbocycles. The second-order valence-corrected chi connectivity index (χ2v) is 6.35. The Hall–Kier alpha value is -0.890. The number of aliphatic hydroxyl groups is 1. The van der Waals surface area contributed by atoms with Crippen LogP contribution in [-0.4, -0.2) is 11.7 Å². The number of fused-ring (bicyclic) bond motifs is 2. The summed E-state index contributed by atoms with van der Waals surface area (Å²) in [6, 6.07) is 5.02. The van der Waals surface area contributed by atoms with E-state index in [-0.39, 0.29) is 17.8 Å². The maximum absolute atomic E-state index is 13.4. The van der Waals surface area contributed by atoms with Crippen molar-refractivity contribution in [1.29, 1.82) is 0 Å². The summed E-state index contributed by atoms with van der Waals surface area (Å²) in [5.41, 5.74) is 2.25. The molecule has 2 aliphatic carbocycles. The van der Waals surface area contributed by atoms with Gasteiger partial charge in [-0.15, -0.1) is 0 Å². The van der Waals surface area contributed by atoms with Gasteiger partial charge in [0.2, 0.25) is 0 Å². The van der Waals surface area contributed by atoms with Crippen LogP contribution in [0.4, 0.5) is 4.39 Å². The zero-order valence-corrected chi connectivity index (χ0v) is 11.0. The van der Waals surface area contributed by atoms with E-state index in [0.717, 1.165) is 29.9 Å². The Balaban J connectivity index is 1.88. The van der Waals surface area contributed by atoms with Gasteiger partial charge >= 0.3 is 0 Å². The molecule has 0 heterocycles. The summed E-state index contributed by atoms with van der Waals surface area (Å²) in [5.74, 6) is 1.29. The second-order valence-electron chi connectivity index (χ2n) is 6.35. The van der Waals surface area contributed by atoms with E-state index in [9.17, 15) is 9.50 Å². The second kappa shape index (κ2) is 4.34. The van der Waals surface area contributed by atoms with Crippen LogP contribution in [0, 0.1) is 30.0 Å². The van der Waals surface area contributed by atoms with Crippen molar-refractivity contribution in [2.75, 3.05) is 6.61 Å². The van der Waals surface area contributed by atoms with Crippen molar-refractivity contribution >= 4 is 0 Å². The summed E-state index contributed by atoms with van der Waals surface area (Å²) in [7, 11) is 0. The fourth-order valence-corrected chi connectivity index (χ4v) is 4.23. The van der Waals surface area contributed by atoms with Crippen LogP contribution in [0.1, 0.15) is 36.8 Å². The van der Waals surface area contributed by atoms with Crippen molar-refractivity contribution in [3.63, 3.8) is 0 Å².